The molecular formula is C22H32N4O3S2. The molecule has 4 rings (SSSR count). The van der Waals surface area contributed by atoms with Gasteiger partial charge in [0.25, 0.3) is 0 Å². The number of carbonyl (C=O) groups is 1. The summed E-state index contributed by atoms with van der Waals surface area (Å²) in [5, 5.41) is 7.11. The van der Waals surface area contributed by atoms with Crippen LogP contribution < -0.4 is 10.6 Å². The van der Waals surface area contributed by atoms with Crippen LogP contribution in [0, 0.1) is 5.92 Å². The Morgan fingerprint density at radius 1 is 1.19 bits per heavy atom. The van der Waals surface area contributed by atoms with Crippen molar-refractivity contribution in [3.8, 4) is 0 Å². The lowest BCUT2D eigenvalue weighted by Crippen LogP contribution is -2.35. The fraction of sp³-hybridized carbons (Fsp3) is 0.636. The van der Waals surface area contributed by atoms with Crippen molar-refractivity contribution in [2.24, 2.45) is 10.9 Å². The molecule has 31 heavy (non-hydrogen) atoms. The van der Waals surface area contributed by atoms with Gasteiger partial charge in [0, 0.05) is 17.5 Å². The lowest BCUT2D eigenvalue weighted by Gasteiger charge is -2.30. The number of piperidine rings is 1. The molecule has 7 nitrogen and oxygen atoms in total. The van der Waals surface area contributed by atoms with Crippen LogP contribution in [0.1, 0.15) is 31.7 Å². The summed E-state index contributed by atoms with van der Waals surface area (Å²) in [7, 11) is -2.93. The van der Waals surface area contributed by atoms with Crippen LogP contribution in [-0.2, 0) is 21.1 Å². The number of hydrogen-bond donors (Lipinski definition) is 2. The van der Waals surface area contributed by atoms with Gasteiger partial charge in [-0.25, -0.2) is 8.42 Å². The Kier molecular flexibility index (Phi) is 7.23. The molecule has 2 fully saturated rings. The molecule has 3 heterocycles. The summed E-state index contributed by atoms with van der Waals surface area (Å²) in [4.78, 5) is 19.2. The summed E-state index contributed by atoms with van der Waals surface area (Å²) < 4.78 is 23.3. The maximum absolute atomic E-state index is 12.2. The zero-order valence-corrected chi connectivity index (χ0v) is 19.7. The quantitative estimate of drug-likeness (QED) is 0.601. The van der Waals surface area contributed by atoms with E-state index < -0.39 is 9.84 Å². The number of rotatable bonds is 7. The molecule has 1 amide bonds. The fourth-order valence-corrected chi connectivity index (χ4v) is 7.99. The smallest absolute Gasteiger partial charge is 0.224 e. The van der Waals surface area contributed by atoms with Crippen molar-refractivity contribution < 1.29 is 13.2 Å². The van der Waals surface area contributed by atoms with Gasteiger partial charge in [0.05, 0.1) is 24.0 Å². The third-order valence-corrected chi connectivity index (χ3v) is 9.38. The first-order valence-electron chi connectivity index (χ1n) is 11.2. The Hall–Kier alpha value is -1.58. The van der Waals surface area contributed by atoms with Gasteiger partial charge in [0.2, 0.25) is 5.91 Å². The van der Waals surface area contributed by atoms with E-state index in [4.69, 9.17) is 0 Å². The highest BCUT2D eigenvalue weighted by molar-refractivity contribution is 8.15. The van der Waals surface area contributed by atoms with Crippen LogP contribution in [-0.4, -0.2) is 73.4 Å². The molecule has 0 spiro atoms. The molecular weight excluding hydrogens is 432 g/mol. The van der Waals surface area contributed by atoms with Gasteiger partial charge in [-0.1, -0.05) is 30.8 Å². The van der Waals surface area contributed by atoms with E-state index in [1.54, 1.807) is 0 Å². The summed E-state index contributed by atoms with van der Waals surface area (Å²) in [6.45, 7) is 6.46. The normalized spacial score (nSPS) is 25.8. The summed E-state index contributed by atoms with van der Waals surface area (Å²) >= 11 is 1.51. The number of thioether (sulfide) groups is 1. The maximum Gasteiger partial charge on any atom is 0.224 e. The van der Waals surface area contributed by atoms with E-state index >= 15 is 0 Å². The van der Waals surface area contributed by atoms with Gasteiger partial charge in [-0.15, -0.1) is 0 Å². The summed E-state index contributed by atoms with van der Waals surface area (Å²) in [5.74, 6) is 1.27. The van der Waals surface area contributed by atoms with E-state index in [9.17, 15) is 13.2 Å². The van der Waals surface area contributed by atoms with Crippen molar-refractivity contribution in [3.63, 3.8) is 0 Å². The van der Waals surface area contributed by atoms with E-state index in [1.807, 2.05) is 24.3 Å². The lowest BCUT2D eigenvalue weighted by atomic mass is 9.99. The maximum atomic E-state index is 12.2. The predicted molar refractivity (Wildman–Crippen MR) is 127 cm³/mol. The van der Waals surface area contributed by atoms with E-state index in [0.717, 1.165) is 41.8 Å². The van der Waals surface area contributed by atoms with Gasteiger partial charge >= 0.3 is 0 Å². The van der Waals surface area contributed by atoms with Crippen LogP contribution in [0.15, 0.2) is 29.3 Å². The van der Waals surface area contributed by atoms with E-state index in [0.29, 0.717) is 6.42 Å². The molecule has 3 aliphatic heterocycles. The number of nitrogens with one attached hydrogen (secondary N) is 2. The monoisotopic (exact) mass is 464 g/mol. The topological polar surface area (TPSA) is 90.9 Å². The Morgan fingerprint density at radius 2 is 1.94 bits per heavy atom. The molecule has 0 radical (unpaired) electrons. The number of aliphatic imine (C=N–C) groups is 1. The minimum Gasteiger partial charge on any atom is -0.356 e. The summed E-state index contributed by atoms with van der Waals surface area (Å²) in [6.07, 6.45) is 3.93. The molecule has 0 aliphatic carbocycles. The minimum atomic E-state index is -2.93. The van der Waals surface area contributed by atoms with Gasteiger partial charge in [0.15, 0.2) is 15.0 Å². The Morgan fingerprint density at radius 3 is 2.65 bits per heavy atom. The number of anilines is 1. The first-order valence-corrected chi connectivity index (χ1v) is 13.9. The molecule has 3 aliphatic rings. The number of sulfone groups is 1. The number of amides is 1. The van der Waals surface area contributed by atoms with Gasteiger partial charge in [0.1, 0.15) is 0 Å². The number of carbonyl (C=O) groups excluding carboxylic acids is 1. The van der Waals surface area contributed by atoms with Crippen LogP contribution in [0.2, 0.25) is 0 Å². The van der Waals surface area contributed by atoms with Crippen LogP contribution in [0.4, 0.5) is 5.69 Å². The molecule has 1 aromatic rings. The Balaban J connectivity index is 1.15. The first-order chi connectivity index (χ1) is 14.9. The second kappa shape index (κ2) is 9.92. The third-order valence-electron chi connectivity index (χ3n) is 6.24. The molecule has 170 valence electrons. The number of likely N-dealkylation sites (tertiary alicyclic amines) is 1. The number of nitrogens with zero attached hydrogens (tertiary/aromatic N) is 2. The zero-order chi connectivity index (χ0) is 21.8. The number of fused-ring (bicyclic) bond motifs is 1. The van der Waals surface area contributed by atoms with Crippen molar-refractivity contribution in [1.82, 2.24) is 10.2 Å². The van der Waals surface area contributed by atoms with Crippen molar-refractivity contribution in [3.05, 3.63) is 29.8 Å². The van der Waals surface area contributed by atoms with Gasteiger partial charge in [-0.3, -0.25) is 9.79 Å². The lowest BCUT2D eigenvalue weighted by molar-refractivity contribution is -0.120. The number of hydrogen-bond acceptors (Lipinski definition) is 7. The third kappa shape index (κ3) is 6.46. The molecule has 2 saturated heterocycles. The summed E-state index contributed by atoms with van der Waals surface area (Å²) in [5.41, 5.74) is 1.87. The zero-order valence-electron chi connectivity index (χ0n) is 18.0. The highest BCUT2D eigenvalue weighted by Gasteiger charge is 2.42. The highest BCUT2D eigenvalue weighted by atomic mass is 32.2. The van der Waals surface area contributed by atoms with Crippen molar-refractivity contribution in [2.75, 3.05) is 43.0 Å². The number of benzene rings is 1. The van der Waals surface area contributed by atoms with Gasteiger partial charge in [-0.05, 0) is 62.5 Å². The highest BCUT2D eigenvalue weighted by Crippen LogP contribution is 2.34. The average molecular weight is 465 g/mol. The minimum absolute atomic E-state index is 0.0361. The van der Waals surface area contributed by atoms with Crippen LogP contribution in [0.25, 0.3) is 0 Å². The van der Waals surface area contributed by atoms with Crippen LogP contribution in [0.5, 0.6) is 0 Å². The van der Waals surface area contributed by atoms with E-state index in [2.05, 4.69) is 27.4 Å². The molecule has 1 aromatic carbocycles. The van der Waals surface area contributed by atoms with Gasteiger partial charge < -0.3 is 15.5 Å². The van der Waals surface area contributed by atoms with Crippen molar-refractivity contribution in [2.45, 2.75) is 43.9 Å². The van der Waals surface area contributed by atoms with Crippen molar-refractivity contribution in [1.29, 1.82) is 0 Å². The van der Waals surface area contributed by atoms with Gasteiger partial charge in [-0.2, -0.15) is 0 Å². The molecule has 2 atom stereocenters. The molecule has 2 N–H and O–H groups in total. The summed E-state index contributed by atoms with van der Waals surface area (Å²) in [6, 6.07) is 7.64. The predicted octanol–water partition coefficient (Wildman–Crippen LogP) is 2.15. The molecule has 0 aromatic heterocycles. The first kappa shape index (κ1) is 22.6. The second-order valence-electron chi connectivity index (χ2n) is 8.96. The largest absolute Gasteiger partial charge is 0.356 e. The van der Waals surface area contributed by atoms with Crippen LogP contribution in [0.3, 0.4) is 0 Å². The molecule has 0 bridgehead atoms. The average Bonchev–Trinajstić information content (AvgIpc) is 3.20. The Bertz CT molecular complexity index is 909. The fourth-order valence-electron chi connectivity index (χ4n) is 4.31. The number of amidine groups is 1. The standard InChI is InChI=1S/C22H32N4O3S2/c1-16-7-11-26(12-8-16)10-2-9-23-21(27)13-17-3-5-18(6-4-17)24-22-25-19-14-31(28,29)15-20(19)30-22/h3-6,16,19-20H,2,7-15H2,1H3,(H,23,27)(H,24,25)/t19-,20+/m0/s1. The second-order valence-corrected chi connectivity index (χ2v) is 12.3. The van der Waals surface area contributed by atoms with Crippen LogP contribution >= 0.6 is 11.8 Å². The van der Waals surface area contributed by atoms with Crippen molar-refractivity contribution >= 4 is 38.4 Å². The Labute approximate surface area is 189 Å². The van der Waals surface area contributed by atoms with E-state index in [1.165, 1.54) is 37.7 Å². The molecule has 0 saturated carbocycles. The van der Waals surface area contributed by atoms with E-state index in [-0.39, 0.29) is 28.7 Å². The molecule has 0 unspecified atom stereocenters. The SMILES string of the molecule is CC1CCN(CCCNC(=O)Cc2ccc(NC3=N[C@H]4CS(=O)(=O)C[C@H]4S3)cc2)CC1. The molecule has 9 heteroatoms.